The zero-order valence-corrected chi connectivity index (χ0v) is 10.0. The van der Waals surface area contributed by atoms with Crippen LogP contribution in [-0.2, 0) is 10.3 Å². The maximum atomic E-state index is 10.2. The Hall–Kier alpha value is -1.02. The van der Waals surface area contributed by atoms with E-state index >= 15 is 0 Å². The number of aryl methyl sites for hydroxylation is 2. The van der Waals surface area contributed by atoms with Crippen molar-refractivity contribution in [3.63, 3.8) is 0 Å². The van der Waals surface area contributed by atoms with Gasteiger partial charge in [-0.05, 0) is 51.3 Å². The molecule has 0 bridgehead atoms. The highest BCUT2D eigenvalue weighted by molar-refractivity contribution is 5.53. The number of epoxide rings is 1. The van der Waals surface area contributed by atoms with Crippen molar-refractivity contribution in [2.24, 2.45) is 0 Å². The van der Waals surface area contributed by atoms with Crippen molar-refractivity contribution < 1.29 is 9.84 Å². The summed E-state index contributed by atoms with van der Waals surface area (Å²) in [5.74, 6) is 0.402. The zero-order chi connectivity index (χ0) is 11.4. The molecule has 82 valence electrons. The lowest BCUT2D eigenvalue weighted by atomic mass is 9.89. The third-order valence-electron chi connectivity index (χ3n) is 3.65. The van der Waals surface area contributed by atoms with Gasteiger partial charge in [-0.1, -0.05) is 6.07 Å². The molecule has 2 nitrogen and oxygen atoms in total. The number of aromatic hydroxyl groups is 1. The molecule has 1 saturated heterocycles. The molecule has 15 heavy (non-hydrogen) atoms. The topological polar surface area (TPSA) is 32.8 Å². The van der Waals surface area contributed by atoms with Gasteiger partial charge >= 0.3 is 0 Å². The molecule has 2 unspecified atom stereocenters. The first kappa shape index (κ1) is 10.5. The second-order valence-corrected chi connectivity index (χ2v) is 4.73. The van der Waals surface area contributed by atoms with Gasteiger partial charge in [0, 0.05) is 5.56 Å². The fraction of sp³-hybridized carbons (Fsp3) is 0.538. The molecule has 0 amide bonds. The Balaban J connectivity index is 2.62. The Morgan fingerprint density at radius 2 is 1.80 bits per heavy atom. The third kappa shape index (κ3) is 1.36. The van der Waals surface area contributed by atoms with Crippen LogP contribution in [0.4, 0.5) is 0 Å². The van der Waals surface area contributed by atoms with Gasteiger partial charge in [-0.25, -0.2) is 0 Å². The van der Waals surface area contributed by atoms with Gasteiger partial charge < -0.3 is 9.84 Å². The molecular weight excluding hydrogens is 188 g/mol. The Labute approximate surface area is 90.9 Å². The molecule has 0 radical (unpaired) electrons. The maximum Gasteiger partial charge on any atom is 0.125 e. The van der Waals surface area contributed by atoms with Crippen LogP contribution in [0.5, 0.6) is 5.75 Å². The summed E-state index contributed by atoms with van der Waals surface area (Å²) in [4.78, 5) is 0. The normalized spacial score (nSPS) is 29.3. The van der Waals surface area contributed by atoms with Crippen LogP contribution in [0.3, 0.4) is 0 Å². The van der Waals surface area contributed by atoms with Crippen LogP contribution in [0, 0.1) is 20.8 Å². The molecular formula is C13H18O2. The van der Waals surface area contributed by atoms with Gasteiger partial charge in [0.25, 0.3) is 0 Å². The molecule has 0 spiro atoms. The quantitative estimate of drug-likeness (QED) is 0.716. The van der Waals surface area contributed by atoms with Crippen LogP contribution >= 0.6 is 0 Å². The predicted octanol–water partition coefficient (Wildman–Crippen LogP) is 2.95. The van der Waals surface area contributed by atoms with Crippen molar-refractivity contribution in [3.05, 3.63) is 28.3 Å². The standard InChI is InChI=1S/C13H18O2/c1-7-6-8(2)11(12(14)9(7)3)13(5)10(4)15-13/h6,10,14H,1-5H3. The van der Waals surface area contributed by atoms with Crippen molar-refractivity contribution in [2.75, 3.05) is 0 Å². The lowest BCUT2D eigenvalue weighted by Crippen LogP contribution is -2.09. The highest BCUT2D eigenvalue weighted by Gasteiger charge is 2.52. The second kappa shape index (κ2) is 2.99. The van der Waals surface area contributed by atoms with Crippen LogP contribution in [0.15, 0.2) is 6.07 Å². The van der Waals surface area contributed by atoms with Crippen LogP contribution in [-0.4, -0.2) is 11.2 Å². The smallest absolute Gasteiger partial charge is 0.125 e. The highest BCUT2D eigenvalue weighted by Crippen LogP contribution is 2.51. The SMILES string of the molecule is Cc1cc(C)c(C2(C)OC2C)c(O)c1C. The lowest BCUT2D eigenvalue weighted by molar-refractivity contribution is 0.307. The lowest BCUT2D eigenvalue weighted by Gasteiger charge is -2.16. The van der Waals surface area contributed by atoms with E-state index in [2.05, 4.69) is 6.07 Å². The fourth-order valence-electron chi connectivity index (χ4n) is 2.29. The van der Waals surface area contributed by atoms with Crippen molar-refractivity contribution in [2.45, 2.75) is 46.3 Å². The van der Waals surface area contributed by atoms with E-state index in [1.807, 2.05) is 34.6 Å². The Morgan fingerprint density at radius 3 is 2.27 bits per heavy atom. The fourth-order valence-corrected chi connectivity index (χ4v) is 2.29. The first-order valence-electron chi connectivity index (χ1n) is 5.36. The van der Waals surface area contributed by atoms with Crippen molar-refractivity contribution in [1.82, 2.24) is 0 Å². The van der Waals surface area contributed by atoms with E-state index < -0.39 is 0 Å². The molecule has 0 aromatic heterocycles. The van der Waals surface area contributed by atoms with Gasteiger partial charge in [-0.15, -0.1) is 0 Å². The largest absolute Gasteiger partial charge is 0.507 e. The molecule has 2 atom stereocenters. The summed E-state index contributed by atoms with van der Waals surface area (Å²) in [6, 6.07) is 2.12. The average molecular weight is 206 g/mol. The minimum atomic E-state index is -0.285. The van der Waals surface area contributed by atoms with Gasteiger partial charge in [-0.3, -0.25) is 0 Å². The number of ether oxygens (including phenoxy) is 1. The van der Waals surface area contributed by atoms with Gasteiger partial charge in [0.05, 0.1) is 6.10 Å². The first-order valence-corrected chi connectivity index (χ1v) is 5.36. The van der Waals surface area contributed by atoms with E-state index in [9.17, 15) is 5.11 Å². The molecule has 0 saturated carbocycles. The van der Waals surface area contributed by atoms with Crippen molar-refractivity contribution in [3.8, 4) is 5.75 Å². The summed E-state index contributed by atoms with van der Waals surface area (Å²) < 4.78 is 5.59. The van der Waals surface area contributed by atoms with Crippen molar-refractivity contribution >= 4 is 0 Å². The first-order chi connectivity index (χ1) is 6.88. The van der Waals surface area contributed by atoms with Crippen LogP contribution in [0.2, 0.25) is 0 Å². The van der Waals surface area contributed by atoms with E-state index in [1.54, 1.807) is 0 Å². The number of rotatable bonds is 1. The molecule has 1 aromatic rings. The number of hydrogen-bond donors (Lipinski definition) is 1. The molecule has 0 aliphatic carbocycles. The minimum absolute atomic E-state index is 0.198. The van der Waals surface area contributed by atoms with E-state index in [4.69, 9.17) is 4.74 Å². The predicted molar refractivity (Wildman–Crippen MR) is 60.2 cm³/mol. The zero-order valence-electron chi connectivity index (χ0n) is 10.0. The summed E-state index contributed by atoms with van der Waals surface area (Å²) in [6.07, 6.45) is 0.198. The number of benzene rings is 1. The van der Waals surface area contributed by atoms with Gasteiger partial charge in [0.15, 0.2) is 0 Å². The van der Waals surface area contributed by atoms with Crippen LogP contribution in [0.1, 0.15) is 36.1 Å². The second-order valence-electron chi connectivity index (χ2n) is 4.73. The number of phenolic OH excluding ortho intramolecular Hbond substituents is 1. The summed E-state index contributed by atoms with van der Waals surface area (Å²) in [5, 5.41) is 10.2. The average Bonchev–Trinajstić information content (AvgIpc) is 2.71. The molecule has 1 aliphatic rings. The summed E-state index contributed by atoms with van der Waals surface area (Å²) in [6.45, 7) is 10.1. The molecule has 1 aliphatic heterocycles. The summed E-state index contributed by atoms with van der Waals surface area (Å²) >= 11 is 0. The third-order valence-corrected chi connectivity index (χ3v) is 3.65. The summed E-state index contributed by atoms with van der Waals surface area (Å²) in [7, 11) is 0. The highest BCUT2D eigenvalue weighted by atomic mass is 16.6. The monoisotopic (exact) mass is 206 g/mol. The number of hydrogen-bond acceptors (Lipinski definition) is 2. The maximum absolute atomic E-state index is 10.2. The van der Waals surface area contributed by atoms with Gasteiger partial charge in [-0.2, -0.15) is 0 Å². The summed E-state index contributed by atoms with van der Waals surface area (Å²) in [5.41, 5.74) is 3.87. The Morgan fingerprint density at radius 1 is 1.27 bits per heavy atom. The number of phenols is 1. The van der Waals surface area contributed by atoms with Crippen LogP contribution in [0.25, 0.3) is 0 Å². The molecule has 2 rings (SSSR count). The van der Waals surface area contributed by atoms with E-state index in [-0.39, 0.29) is 11.7 Å². The molecule has 1 heterocycles. The van der Waals surface area contributed by atoms with Crippen LogP contribution < -0.4 is 0 Å². The minimum Gasteiger partial charge on any atom is -0.507 e. The molecule has 1 aromatic carbocycles. The van der Waals surface area contributed by atoms with Crippen molar-refractivity contribution in [1.29, 1.82) is 0 Å². The molecule has 2 heteroatoms. The van der Waals surface area contributed by atoms with Gasteiger partial charge in [0.1, 0.15) is 11.4 Å². The van der Waals surface area contributed by atoms with Gasteiger partial charge in [0.2, 0.25) is 0 Å². The molecule has 1 fully saturated rings. The Bertz CT molecular complexity index is 423. The molecule has 1 N–H and O–H groups in total. The van der Waals surface area contributed by atoms with E-state index in [0.717, 1.165) is 22.3 Å². The Kier molecular flexibility index (Phi) is 2.09. The van der Waals surface area contributed by atoms with E-state index in [0.29, 0.717) is 5.75 Å². The van der Waals surface area contributed by atoms with E-state index in [1.165, 1.54) is 0 Å².